The molecule has 2 fully saturated rings. The van der Waals surface area contributed by atoms with Crippen LogP contribution in [0.3, 0.4) is 0 Å². The first-order chi connectivity index (χ1) is 13.2. The first-order valence-electron chi connectivity index (χ1n) is 8.82. The molecule has 0 amide bonds. The highest BCUT2D eigenvalue weighted by molar-refractivity contribution is 5.96. The van der Waals surface area contributed by atoms with Crippen LogP contribution < -0.4 is 10.2 Å². The fourth-order valence-electron chi connectivity index (χ4n) is 4.12. The van der Waals surface area contributed by atoms with Crippen LogP contribution in [-0.4, -0.2) is 45.0 Å². The normalized spacial score (nSPS) is 24.0. The number of aliphatic hydroxyl groups is 1. The van der Waals surface area contributed by atoms with Crippen LogP contribution in [0.15, 0.2) is 17.1 Å². The number of aromatic carboxylic acids is 1. The Bertz CT molecular complexity index is 1080. The predicted molar refractivity (Wildman–Crippen MR) is 94.5 cm³/mol. The number of pyridine rings is 1. The summed E-state index contributed by atoms with van der Waals surface area (Å²) in [6.07, 6.45) is 1.46. The van der Waals surface area contributed by atoms with Gasteiger partial charge in [0.25, 0.3) is 0 Å². The summed E-state index contributed by atoms with van der Waals surface area (Å²) in [6, 6.07) is 0.803. The van der Waals surface area contributed by atoms with E-state index >= 15 is 4.39 Å². The third-order valence-corrected chi connectivity index (χ3v) is 5.65. The zero-order valence-electron chi connectivity index (χ0n) is 14.9. The fourth-order valence-corrected chi connectivity index (χ4v) is 4.12. The van der Waals surface area contributed by atoms with Crippen molar-refractivity contribution < 1.29 is 34.0 Å². The van der Waals surface area contributed by atoms with Crippen molar-refractivity contribution in [2.75, 3.05) is 7.11 Å². The Labute approximate surface area is 157 Å². The second kappa shape index (κ2) is 6.03. The van der Waals surface area contributed by atoms with Gasteiger partial charge in [0.2, 0.25) is 5.43 Å². The third kappa shape index (κ3) is 2.42. The molecule has 2 aliphatic rings. The van der Waals surface area contributed by atoms with E-state index in [2.05, 4.69) is 0 Å². The Morgan fingerprint density at radius 1 is 1.29 bits per heavy atom. The molecular formula is C19H18FNO7. The number of carboxylic acids is 2. The number of hydrogen-bond acceptors (Lipinski definition) is 5. The minimum Gasteiger partial charge on any atom is -0.494 e. The number of ether oxygens (including phenoxy) is 1. The van der Waals surface area contributed by atoms with Gasteiger partial charge in [-0.3, -0.25) is 9.59 Å². The zero-order chi connectivity index (χ0) is 20.4. The molecule has 1 heterocycles. The Morgan fingerprint density at radius 3 is 2.39 bits per heavy atom. The number of carboxylic acid groups (broad SMARTS) is 2. The van der Waals surface area contributed by atoms with Crippen LogP contribution in [0.5, 0.6) is 5.75 Å². The Morgan fingerprint density at radius 2 is 1.93 bits per heavy atom. The number of carbonyl (C=O) groups is 2. The number of hydrogen-bond donors (Lipinski definition) is 3. The highest BCUT2D eigenvalue weighted by atomic mass is 19.1. The van der Waals surface area contributed by atoms with Gasteiger partial charge in [-0.05, 0) is 31.7 Å². The highest BCUT2D eigenvalue weighted by Crippen LogP contribution is 2.51. The van der Waals surface area contributed by atoms with E-state index in [1.54, 1.807) is 4.57 Å². The topological polar surface area (TPSA) is 126 Å². The first-order valence-corrected chi connectivity index (χ1v) is 8.82. The number of aromatic nitrogens is 1. The molecule has 2 saturated carbocycles. The molecule has 0 atom stereocenters. The van der Waals surface area contributed by atoms with Gasteiger partial charge in [-0.1, -0.05) is 0 Å². The summed E-state index contributed by atoms with van der Waals surface area (Å²) in [5.74, 6) is -3.79. The van der Waals surface area contributed by atoms with Crippen molar-refractivity contribution in [1.29, 1.82) is 0 Å². The number of aliphatic hydroxyl groups excluding tert-OH is 1. The van der Waals surface area contributed by atoms with E-state index in [9.17, 15) is 29.7 Å². The Hall–Kier alpha value is -2.94. The second-order valence-corrected chi connectivity index (χ2v) is 7.43. The van der Waals surface area contributed by atoms with Crippen LogP contribution >= 0.6 is 0 Å². The van der Waals surface area contributed by atoms with Crippen LogP contribution in [0, 0.1) is 5.82 Å². The second-order valence-electron chi connectivity index (χ2n) is 7.43. The molecule has 4 rings (SSSR count). The number of methoxy groups -OCH3 is 1. The molecule has 0 spiro atoms. The summed E-state index contributed by atoms with van der Waals surface area (Å²) in [5, 5.41) is 28.6. The lowest BCUT2D eigenvalue weighted by Crippen LogP contribution is -2.51. The summed E-state index contributed by atoms with van der Waals surface area (Å²) in [7, 11) is 1.25. The number of benzene rings is 1. The molecule has 0 radical (unpaired) electrons. The minimum atomic E-state index is -1.67. The third-order valence-electron chi connectivity index (χ3n) is 5.65. The molecular weight excluding hydrogens is 373 g/mol. The van der Waals surface area contributed by atoms with E-state index in [4.69, 9.17) is 4.74 Å². The van der Waals surface area contributed by atoms with Crippen molar-refractivity contribution in [2.24, 2.45) is 0 Å². The monoisotopic (exact) mass is 391 g/mol. The molecule has 3 N–H and O–H groups in total. The van der Waals surface area contributed by atoms with E-state index in [0.717, 1.165) is 18.9 Å². The lowest BCUT2D eigenvalue weighted by Gasteiger charge is -2.42. The van der Waals surface area contributed by atoms with E-state index in [-0.39, 0.29) is 41.1 Å². The number of fused-ring (bicyclic) bond motifs is 1. The first kappa shape index (κ1) is 18.4. The van der Waals surface area contributed by atoms with Gasteiger partial charge in [-0.15, -0.1) is 0 Å². The van der Waals surface area contributed by atoms with Crippen molar-refractivity contribution in [3.63, 3.8) is 0 Å². The highest BCUT2D eigenvalue weighted by Gasteiger charge is 2.55. The minimum absolute atomic E-state index is 0.0822. The fraction of sp³-hybridized carbons (Fsp3) is 0.421. The summed E-state index contributed by atoms with van der Waals surface area (Å²) >= 11 is 0. The van der Waals surface area contributed by atoms with Crippen LogP contribution in [0.4, 0.5) is 4.39 Å². The van der Waals surface area contributed by atoms with Gasteiger partial charge in [-0.25, -0.2) is 9.18 Å². The van der Waals surface area contributed by atoms with Crippen LogP contribution in [-0.2, 0) is 10.2 Å². The van der Waals surface area contributed by atoms with Gasteiger partial charge in [0, 0.05) is 17.8 Å². The maximum absolute atomic E-state index is 15.1. The molecule has 28 heavy (non-hydrogen) atoms. The van der Waals surface area contributed by atoms with Crippen molar-refractivity contribution in [3.05, 3.63) is 39.4 Å². The summed E-state index contributed by atoms with van der Waals surface area (Å²) < 4.78 is 22.1. The van der Waals surface area contributed by atoms with Crippen LogP contribution in [0.25, 0.3) is 10.9 Å². The van der Waals surface area contributed by atoms with Gasteiger partial charge < -0.3 is 24.6 Å². The number of aliphatic carboxylic acids is 1. The van der Waals surface area contributed by atoms with E-state index in [0.29, 0.717) is 0 Å². The van der Waals surface area contributed by atoms with Crippen molar-refractivity contribution in [3.8, 4) is 5.75 Å². The van der Waals surface area contributed by atoms with E-state index in [1.165, 1.54) is 13.3 Å². The zero-order valence-corrected chi connectivity index (χ0v) is 14.9. The van der Waals surface area contributed by atoms with Gasteiger partial charge in [-0.2, -0.15) is 0 Å². The van der Waals surface area contributed by atoms with Crippen LogP contribution in [0.2, 0.25) is 0 Å². The van der Waals surface area contributed by atoms with Gasteiger partial charge in [0.15, 0.2) is 5.75 Å². The molecule has 1 aromatic heterocycles. The largest absolute Gasteiger partial charge is 0.494 e. The van der Waals surface area contributed by atoms with E-state index in [1.807, 2.05) is 0 Å². The molecule has 0 unspecified atom stereocenters. The smallest absolute Gasteiger partial charge is 0.341 e. The van der Waals surface area contributed by atoms with Crippen molar-refractivity contribution >= 4 is 22.8 Å². The SMILES string of the molecule is COc1c(C2(C(=O)O)CC(O)C2)c(F)cc2c(=O)c(C(=O)O)cn(C3CC3)c12. The average Bonchev–Trinajstić information content (AvgIpc) is 3.43. The molecule has 1 aromatic carbocycles. The van der Waals surface area contributed by atoms with Gasteiger partial charge in [0.1, 0.15) is 16.8 Å². The summed E-state index contributed by atoms with van der Waals surface area (Å²) in [6.45, 7) is 0. The molecule has 9 heteroatoms. The number of rotatable bonds is 5. The maximum Gasteiger partial charge on any atom is 0.341 e. The standard InChI is InChI=1S/C19H18FNO7/c1-28-16-13(19(18(26)27)5-9(22)6-19)12(20)4-10-14(16)21(8-2-3-8)7-11(15(10)23)17(24)25/h4,7-9,22H,2-3,5-6H2,1H3,(H,24,25)(H,26,27). The number of nitrogens with zero attached hydrogens (tertiary/aromatic N) is 1. The Balaban J connectivity index is 2.13. The quantitative estimate of drug-likeness (QED) is 0.708. The van der Waals surface area contributed by atoms with E-state index < -0.39 is 40.3 Å². The Kier molecular flexibility index (Phi) is 3.97. The number of halogens is 1. The van der Waals surface area contributed by atoms with Gasteiger partial charge in [0.05, 0.1) is 24.1 Å². The molecule has 0 aliphatic heterocycles. The maximum atomic E-state index is 15.1. The predicted octanol–water partition coefficient (Wildman–Crippen LogP) is 1.66. The molecule has 2 aromatic rings. The van der Waals surface area contributed by atoms with Crippen molar-refractivity contribution in [1.82, 2.24) is 4.57 Å². The van der Waals surface area contributed by atoms with Crippen LogP contribution in [0.1, 0.15) is 47.6 Å². The van der Waals surface area contributed by atoms with Crippen molar-refractivity contribution in [2.45, 2.75) is 43.2 Å². The molecule has 0 bridgehead atoms. The van der Waals surface area contributed by atoms with Gasteiger partial charge >= 0.3 is 11.9 Å². The summed E-state index contributed by atoms with van der Waals surface area (Å²) in [4.78, 5) is 36.1. The molecule has 0 saturated heterocycles. The average molecular weight is 391 g/mol. The summed E-state index contributed by atoms with van der Waals surface area (Å²) in [5.41, 5.74) is -3.06. The lowest BCUT2D eigenvalue weighted by atomic mass is 9.62. The molecule has 2 aliphatic carbocycles. The molecule has 8 nitrogen and oxygen atoms in total. The molecule has 148 valence electrons. The lowest BCUT2D eigenvalue weighted by molar-refractivity contribution is -0.153.